The van der Waals surface area contributed by atoms with Crippen LogP contribution in [0.25, 0.3) is 0 Å². The Hall–Kier alpha value is -5.09. The molecule has 2 unspecified atom stereocenters. The molecule has 0 aliphatic rings. The zero-order chi connectivity index (χ0) is 70.4. The summed E-state index contributed by atoms with van der Waals surface area (Å²) in [6.07, 6.45) is 111. The number of carbonyl (C=O) groups is 3. The maximum absolute atomic E-state index is 13.0. The lowest BCUT2D eigenvalue weighted by molar-refractivity contribution is -0.870. The van der Waals surface area contributed by atoms with Gasteiger partial charge in [0.25, 0.3) is 0 Å². The third kappa shape index (κ3) is 78.1. The second-order valence-corrected chi connectivity index (χ2v) is 27.2. The number of rotatable bonds is 72. The first kappa shape index (κ1) is 91.9. The zero-order valence-electron chi connectivity index (χ0n) is 63.1. The standard InChI is InChI=1S/C88H147NO8/c1-6-8-10-12-14-16-18-20-22-24-26-28-30-32-34-36-38-40-42-43-45-46-48-50-52-54-56-58-60-62-64-66-68-70-72-74-76-78-85(90)95-82-84(83-96-88(87(92)93)94-81-80-89(3,4)5)97-86(91)79-77-75-73-71-69-67-65-63-61-59-57-55-53-51-49-47-44-41-39-37-35-33-31-29-27-25-23-21-19-17-15-13-11-9-7-2/h8-11,14-17,20-23,26-29,33,35,39,41,47,49,53,55,59,61,84,88H,6-7,12-13,18-19,24-25,30-32,34,36-38,40,42-46,48,50-52,54,56-58,60,62-83H2,1-5H3/b10-8-,11-9-,16-14-,17-15-,22-20-,23-21-,28-26-,29-27-,35-33-,41-39-,49-47-,55-53-,61-59-. The van der Waals surface area contributed by atoms with Crippen molar-refractivity contribution in [3.63, 3.8) is 0 Å². The van der Waals surface area contributed by atoms with Crippen molar-refractivity contribution in [1.29, 1.82) is 0 Å². The Kier molecular flexibility index (Phi) is 72.6. The van der Waals surface area contributed by atoms with Crippen LogP contribution < -0.4 is 5.11 Å². The second-order valence-electron chi connectivity index (χ2n) is 27.2. The van der Waals surface area contributed by atoms with Crippen LogP contribution in [0.15, 0.2) is 158 Å². The molecule has 0 aliphatic carbocycles. The molecule has 97 heavy (non-hydrogen) atoms. The van der Waals surface area contributed by atoms with Crippen molar-refractivity contribution in [2.24, 2.45) is 0 Å². The summed E-state index contributed by atoms with van der Waals surface area (Å²) in [6, 6.07) is 0. The number of ether oxygens (including phenoxy) is 4. The summed E-state index contributed by atoms with van der Waals surface area (Å²) in [7, 11) is 5.93. The Morgan fingerprint density at radius 2 is 0.557 bits per heavy atom. The number of nitrogens with zero attached hydrogens (tertiary/aromatic N) is 1. The first-order chi connectivity index (χ1) is 47.6. The summed E-state index contributed by atoms with van der Waals surface area (Å²) >= 11 is 0. The summed E-state index contributed by atoms with van der Waals surface area (Å²) in [4.78, 5) is 37.6. The van der Waals surface area contributed by atoms with E-state index in [0.717, 1.165) is 128 Å². The first-order valence-electron chi connectivity index (χ1n) is 39.6. The molecule has 0 radical (unpaired) electrons. The molecule has 9 heteroatoms. The van der Waals surface area contributed by atoms with E-state index in [1.54, 1.807) is 0 Å². The molecule has 0 aromatic rings. The average Bonchev–Trinajstić information content (AvgIpc) is 3.74. The molecule has 0 bridgehead atoms. The van der Waals surface area contributed by atoms with Crippen LogP contribution in [0.5, 0.6) is 0 Å². The van der Waals surface area contributed by atoms with Crippen LogP contribution in [0.1, 0.15) is 322 Å². The molecule has 0 rings (SSSR count). The van der Waals surface area contributed by atoms with E-state index >= 15 is 0 Å². The van der Waals surface area contributed by atoms with Crippen molar-refractivity contribution in [2.75, 3.05) is 47.5 Å². The predicted octanol–water partition coefficient (Wildman–Crippen LogP) is 24.3. The largest absolute Gasteiger partial charge is 0.545 e. The third-order valence-corrected chi connectivity index (χ3v) is 16.8. The number of carboxylic acid groups (broad SMARTS) is 1. The number of hydrogen-bond acceptors (Lipinski definition) is 8. The topological polar surface area (TPSA) is 111 Å². The van der Waals surface area contributed by atoms with Gasteiger partial charge in [-0.15, -0.1) is 0 Å². The van der Waals surface area contributed by atoms with Gasteiger partial charge in [-0.3, -0.25) is 9.59 Å². The smallest absolute Gasteiger partial charge is 0.306 e. The Morgan fingerprint density at radius 1 is 0.309 bits per heavy atom. The first-order valence-corrected chi connectivity index (χ1v) is 39.6. The van der Waals surface area contributed by atoms with E-state index in [9.17, 15) is 19.5 Å². The maximum Gasteiger partial charge on any atom is 0.306 e. The normalized spacial score (nSPS) is 13.5. The van der Waals surface area contributed by atoms with Gasteiger partial charge in [-0.05, 0) is 122 Å². The lowest BCUT2D eigenvalue weighted by Gasteiger charge is -2.26. The number of unbranched alkanes of at least 4 members (excludes halogenated alkanes) is 31. The molecular formula is C88H147NO8. The van der Waals surface area contributed by atoms with Gasteiger partial charge in [0, 0.05) is 12.8 Å². The Labute approximate surface area is 597 Å². The Bertz CT molecular complexity index is 2160. The van der Waals surface area contributed by atoms with Crippen molar-refractivity contribution in [3.05, 3.63) is 158 Å². The Morgan fingerprint density at radius 3 is 0.825 bits per heavy atom. The van der Waals surface area contributed by atoms with Gasteiger partial charge in [0.1, 0.15) is 13.2 Å². The van der Waals surface area contributed by atoms with Crippen molar-refractivity contribution in [1.82, 2.24) is 0 Å². The van der Waals surface area contributed by atoms with Gasteiger partial charge >= 0.3 is 11.9 Å². The molecule has 0 N–H and O–H groups in total. The molecule has 0 saturated heterocycles. The van der Waals surface area contributed by atoms with Crippen LogP contribution in [0.3, 0.4) is 0 Å². The van der Waals surface area contributed by atoms with E-state index in [0.29, 0.717) is 17.4 Å². The third-order valence-electron chi connectivity index (χ3n) is 16.8. The predicted molar refractivity (Wildman–Crippen MR) is 416 cm³/mol. The summed E-state index contributed by atoms with van der Waals surface area (Å²) < 4.78 is 22.8. The minimum atomic E-state index is -1.63. The van der Waals surface area contributed by atoms with E-state index in [1.807, 2.05) is 21.1 Å². The highest BCUT2D eigenvalue weighted by atomic mass is 16.7. The molecule has 0 amide bonds. The summed E-state index contributed by atoms with van der Waals surface area (Å²) in [5, 5.41) is 11.9. The molecule has 2 atom stereocenters. The second kappa shape index (κ2) is 76.7. The highest BCUT2D eigenvalue weighted by Crippen LogP contribution is 2.18. The molecule has 552 valence electrons. The minimum absolute atomic E-state index is 0.139. The molecule has 0 spiro atoms. The van der Waals surface area contributed by atoms with Crippen molar-refractivity contribution < 1.29 is 42.9 Å². The quantitative estimate of drug-likeness (QED) is 0.0195. The molecule has 0 saturated carbocycles. The zero-order valence-corrected chi connectivity index (χ0v) is 63.1. The van der Waals surface area contributed by atoms with E-state index in [-0.39, 0.29) is 38.6 Å². The highest BCUT2D eigenvalue weighted by Gasteiger charge is 2.22. The SMILES string of the molecule is CC/C=C\C/C=C\C/C=C\C/C=C\C/C=C\C/C=C\C/C=C\C/C=C\C/C=C\CCCCCCCCCC(=O)OC(COC(=O)CCCCCCCCCCCCCCCCCCCCCCCCCC/C=C\C/C=C\C/C=C\C/C=C\CC)COC(OCC[N+](C)(C)C)C(=O)[O-]. The van der Waals surface area contributed by atoms with Crippen LogP contribution >= 0.6 is 0 Å². The van der Waals surface area contributed by atoms with Crippen LogP contribution in [-0.4, -0.2) is 82.3 Å². The van der Waals surface area contributed by atoms with Gasteiger partial charge in [0.15, 0.2) is 12.4 Å². The van der Waals surface area contributed by atoms with E-state index in [4.69, 9.17) is 18.9 Å². The molecule has 0 fully saturated rings. The van der Waals surface area contributed by atoms with Gasteiger partial charge in [-0.2, -0.15) is 0 Å². The van der Waals surface area contributed by atoms with E-state index in [1.165, 1.54) is 161 Å². The fourth-order valence-electron chi connectivity index (χ4n) is 10.8. The minimum Gasteiger partial charge on any atom is -0.545 e. The molecule has 0 aliphatic heterocycles. The molecule has 0 aromatic heterocycles. The number of allylic oxidation sites excluding steroid dienone is 26. The molecule has 0 heterocycles. The lowest BCUT2D eigenvalue weighted by atomic mass is 10.0. The molecule has 0 aromatic carbocycles. The van der Waals surface area contributed by atoms with Gasteiger partial charge in [0.2, 0.25) is 0 Å². The van der Waals surface area contributed by atoms with Gasteiger partial charge < -0.3 is 33.3 Å². The number of carbonyl (C=O) groups excluding carboxylic acids is 3. The molecular weight excluding hydrogens is 1200 g/mol. The van der Waals surface area contributed by atoms with Crippen LogP contribution in [0.2, 0.25) is 0 Å². The fraction of sp³-hybridized carbons (Fsp3) is 0.670. The number of aliphatic carboxylic acids is 1. The summed E-state index contributed by atoms with van der Waals surface area (Å²) in [5.41, 5.74) is 0. The fourth-order valence-corrected chi connectivity index (χ4v) is 10.8. The maximum atomic E-state index is 13.0. The monoisotopic (exact) mass is 1350 g/mol. The van der Waals surface area contributed by atoms with E-state index in [2.05, 4.69) is 172 Å². The van der Waals surface area contributed by atoms with Gasteiger partial charge in [0.05, 0.1) is 40.3 Å². The Balaban J connectivity index is 4.08. The van der Waals surface area contributed by atoms with Crippen molar-refractivity contribution in [3.8, 4) is 0 Å². The summed E-state index contributed by atoms with van der Waals surface area (Å²) in [5.74, 6) is -2.30. The van der Waals surface area contributed by atoms with Crippen LogP contribution in [0.4, 0.5) is 0 Å². The molecule has 9 nitrogen and oxygen atoms in total. The van der Waals surface area contributed by atoms with Crippen LogP contribution in [0, 0.1) is 0 Å². The number of esters is 2. The highest BCUT2D eigenvalue weighted by molar-refractivity contribution is 5.70. The number of carboxylic acids is 1. The summed E-state index contributed by atoms with van der Waals surface area (Å²) in [6.45, 7) is 4.52. The number of hydrogen-bond donors (Lipinski definition) is 0. The number of likely N-dealkylation sites (N-methyl/N-ethyl adjacent to an activating group) is 1. The average molecular weight is 1350 g/mol. The van der Waals surface area contributed by atoms with E-state index < -0.39 is 24.3 Å². The van der Waals surface area contributed by atoms with Crippen molar-refractivity contribution in [2.45, 2.75) is 334 Å². The number of quaternary nitrogens is 1. The van der Waals surface area contributed by atoms with Crippen LogP contribution in [-0.2, 0) is 33.3 Å². The van der Waals surface area contributed by atoms with Crippen molar-refractivity contribution >= 4 is 17.9 Å². The van der Waals surface area contributed by atoms with Gasteiger partial charge in [-0.1, -0.05) is 345 Å². The van der Waals surface area contributed by atoms with Gasteiger partial charge in [-0.25, -0.2) is 0 Å². The lowest BCUT2D eigenvalue weighted by Crippen LogP contribution is -2.44.